The number of aryl methyl sites for hydroxylation is 2. The lowest BCUT2D eigenvalue weighted by molar-refractivity contribution is 0.415. The number of imidazole rings is 1. The summed E-state index contributed by atoms with van der Waals surface area (Å²) < 4.78 is 5.24. The van der Waals surface area contributed by atoms with E-state index in [1.807, 2.05) is 18.3 Å². The predicted molar refractivity (Wildman–Crippen MR) is 88.4 cm³/mol. The van der Waals surface area contributed by atoms with Crippen LogP contribution in [0.15, 0.2) is 30.7 Å². The number of aromatic nitrogens is 5. The maximum absolute atomic E-state index is 5.92. The number of ether oxygens (including phenoxy) is 1. The van der Waals surface area contributed by atoms with E-state index in [0.717, 1.165) is 17.7 Å². The van der Waals surface area contributed by atoms with Crippen molar-refractivity contribution >= 4 is 27.9 Å². The van der Waals surface area contributed by atoms with E-state index < -0.39 is 0 Å². The monoisotopic (exact) mass is 308 g/mol. The van der Waals surface area contributed by atoms with Crippen molar-refractivity contribution in [3.63, 3.8) is 0 Å². The van der Waals surface area contributed by atoms with Crippen molar-refractivity contribution in [3.8, 4) is 5.75 Å². The molecule has 23 heavy (non-hydrogen) atoms. The molecule has 0 aliphatic rings. The Morgan fingerprint density at radius 2 is 2.09 bits per heavy atom. The lowest BCUT2D eigenvalue weighted by Crippen LogP contribution is -2.02. The van der Waals surface area contributed by atoms with E-state index in [4.69, 9.17) is 10.5 Å². The molecular weight excluding hydrogens is 292 g/mol. The number of aromatic amines is 2. The van der Waals surface area contributed by atoms with E-state index in [1.54, 1.807) is 13.4 Å². The molecule has 0 aliphatic heterocycles. The van der Waals surface area contributed by atoms with Crippen LogP contribution < -0.4 is 10.5 Å². The molecule has 0 fully saturated rings. The van der Waals surface area contributed by atoms with E-state index in [9.17, 15) is 0 Å². The Hall–Kier alpha value is -3.09. The van der Waals surface area contributed by atoms with Gasteiger partial charge in [-0.3, -0.25) is 0 Å². The lowest BCUT2D eigenvalue weighted by Gasteiger charge is -2.03. The number of anilines is 1. The Labute approximate surface area is 131 Å². The van der Waals surface area contributed by atoms with Crippen molar-refractivity contribution in [2.45, 2.75) is 12.8 Å². The van der Waals surface area contributed by atoms with Crippen LogP contribution in [0.5, 0.6) is 5.75 Å². The SMILES string of the molecule is COc1ccc2c(CCc3nc(N)c4nc[nH]c4n3)c[nH]c2c1. The first kappa shape index (κ1) is 13.6. The second kappa shape index (κ2) is 5.28. The average Bonchev–Trinajstić information content (AvgIpc) is 3.19. The molecule has 0 amide bonds. The average molecular weight is 308 g/mol. The Morgan fingerprint density at radius 3 is 2.96 bits per heavy atom. The van der Waals surface area contributed by atoms with Crippen LogP contribution in [-0.4, -0.2) is 32.0 Å². The zero-order valence-corrected chi connectivity index (χ0v) is 12.6. The standard InChI is InChI=1S/C16H16N6O/c1-23-10-3-4-11-9(7-18-12(11)6-10)2-5-13-21-15(17)14-16(22-13)20-8-19-14/h3-4,6-8,18H,2,5H2,1H3,(H3,17,19,20,21,22). The molecule has 0 saturated carbocycles. The number of rotatable bonds is 4. The van der Waals surface area contributed by atoms with Gasteiger partial charge < -0.3 is 20.4 Å². The highest BCUT2D eigenvalue weighted by atomic mass is 16.5. The minimum absolute atomic E-state index is 0.412. The van der Waals surface area contributed by atoms with Crippen molar-refractivity contribution in [3.05, 3.63) is 42.1 Å². The molecule has 4 rings (SSSR count). The van der Waals surface area contributed by atoms with E-state index in [0.29, 0.717) is 29.2 Å². The number of hydrogen-bond donors (Lipinski definition) is 3. The maximum Gasteiger partial charge on any atom is 0.163 e. The summed E-state index contributed by atoms with van der Waals surface area (Å²) in [6.07, 6.45) is 5.12. The van der Waals surface area contributed by atoms with E-state index in [-0.39, 0.29) is 0 Å². The molecule has 0 radical (unpaired) electrons. The molecule has 7 heteroatoms. The molecule has 3 heterocycles. The Bertz CT molecular complexity index is 987. The van der Waals surface area contributed by atoms with Crippen LogP contribution in [0.3, 0.4) is 0 Å². The summed E-state index contributed by atoms with van der Waals surface area (Å²) in [5.41, 5.74) is 9.49. The van der Waals surface area contributed by atoms with Crippen LogP contribution in [0.2, 0.25) is 0 Å². The maximum atomic E-state index is 5.92. The van der Waals surface area contributed by atoms with Gasteiger partial charge in [0.05, 0.1) is 13.4 Å². The van der Waals surface area contributed by atoms with Gasteiger partial charge in [-0.05, 0) is 24.1 Å². The molecule has 1 aromatic carbocycles. The van der Waals surface area contributed by atoms with Gasteiger partial charge in [0.25, 0.3) is 0 Å². The number of hydrogen-bond acceptors (Lipinski definition) is 5. The number of benzene rings is 1. The summed E-state index contributed by atoms with van der Waals surface area (Å²) in [4.78, 5) is 19.2. The van der Waals surface area contributed by atoms with E-state index in [2.05, 4.69) is 31.0 Å². The smallest absolute Gasteiger partial charge is 0.163 e. The predicted octanol–water partition coefficient (Wildman–Crippen LogP) is 2.21. The number of methoxy groups -OCH3 is 1. The molecule has 0 aliphatic carbocycles. The van der Waals surface area contributed by atoms with Gasteiger partial charge >= 0.3 is 0 Å². The highest BCUT2D eigenvalue weighted by Crippen LogP contribution is 2.24. The number of nitrogens with one attached hydrogen (secondary N) is 2. The summed E-state index contributed by atoms with van der Waals surface area (Å²) in [5, 5.41) is 1.18. The van der Waals surface area contributed by atoms with E-state index in [1.165, 1.54) is 10.9 Å². The first-order chi connectivity index (χ1) is 11.2. The minimum atomic E-state index is 0.412. The fraction of sp³-hybridized carbons (Fsp3) is 0.188. The highest BCUT2D eigenvalue weighted by molar-refractivity contribution is 5.84. The molecule has 0 unspecified atom stereocenters. The van der Waals surface area contributed by atoms with Gasteiger partial charge in [0, 0.05) is 29.6 Å². The lowest BCUT2D eigenvalue weighted by atomic mass is 10.1. The van der Waals surface area contributed by atoms with Crippen LogP contribution in [-0.2, 0) is 12.8 Å². The molecule has 116 valence electrons. The Morgan fingerprint density at radius 1 is 1.17 bits per heavy atom. The number of H-pyrrole nitrogens is 2. The van der Waals surface area contributed by atoms with Crippen LogP contribution in [0.4, 0.5) is 5.82 Å². The zero-order valence-electron chi connectivity index (χ0n) is 12.6. The molecular formula is C16H16N6O. The molecule has 7 nitrogen and oxygen atoms in total. The van der Waals surface area contributed by atoms with Crippen molar-refractivity contribution in [1.29, 1.82) is 0 Å². The topological polar surface area (TPSA) is 106 Å². The van der Waals surface area contributed by atoms with Gasteiger partial charge in [0.2, 0.25) is 0 Å². The van der Waals surface area contributed by atoms with Crippen LogP contribution in [0.25, 0.3) is 22.1 Å². The highest BCUT2D eigenvalue weighted by Gasteiger charge is 2.09. The summed E-state index contributed by atoms with van der Waals surface area (Å²) in [6, 6.07) is 6.02. The first-order valence-corrected chi connectivity index (χ1v) is 7.34. The third-order valence-corrected chi connectivity index (χ3v) is 3.94. The molecule has 0 saturated heterocycles. The third kappa shape index (κ3) is 2.36. The number of fused-ring (bicyclic) bond motifs is 2. The van der Waals surface area contributed by atoms with Gasteiger partial charge in [-0.2, -0.15) is 0 Å². The molecule has 4 N–H and O–H groups in total. The number of nitrogens with zero attached hydrogens (tertiary/aromatic N) is 3. The third-order valence-electron chi connectivity index (χ3n) is 3.94. The molecule has 4 aromatic rings. The molecule has 0 bridgehead atoms. The van der Waals surface area contributed by atoms with Crippen molar-refractivity contribution in [2.24, 2.45) is 0 Å². The summed E-state index contributed by atoms with van der Waals surface area (Å²) in [7, 11) is 1.67. The fourth-order valence-corrected chi connectivity index (χ4v) is 2.76. The van der Waals surface area contributed by atoms with E-state index >= 15 is 0 Å². The van der Waals surface area contributed by atoms with Crippen molar-refractivity contribution in [2.75, 3.05) is 12.8 Å². The van der Waals surface area contributed by atoms with Gasteiger partial charge in [-0.1, -0.05) is 0 Å². The van der Waals surface area contributed by atoms with Crippen molar-refractivity contribution in [1.82, 2.24) is 24.9 Å². The molecule has 3 aromatic heterocycles. The van der Waals surface area contributed by atoms with Gasteiger partial charge in [0.15, 0.2) is 11.5 Å². The Kier molecular flexibility index (Phi) is 3.11. The largest absolute Gasteiger partial charge is 0.497 e. The number of nitrogens with two attached hydrogens (primary N) is 1. The minimum Gasteiger partial charge on any atom is -0.497 e. The van der Waals surface area contributed by atoms with Gasteiger partial charge in [0.1, 0.15) is 17.1 Å². The van der Waals surface area contributed by atoms with Gasteiger partial charge in [-0.15, -0.1) is 0 Å². The van der Waals surface area contributed by atoms with Crippen LogP contribution in [0, 0.1) is 0 Å². The summed E-state index contributed by atoms with van der Waals surface area (Å²) in [5.74, 6) is 1.96. The Balaban J connectivity index is 1.60. The normalized spacial score (nSPS) is 11.3. The van der Waals surface area contributed by atoms with Crippen molar-refractivity contribution < 1.29 is 4.74 Å². The van der Waals surface area contributed by atoms with Gasteiger partial charge in [-0.25, -0.2) is 15.0 Å². The number of nitrogen functional groups attached to an aromatic ring is 1. The van der Waals surface area contributed by atoms with Crippen LogP contribution >= 0.6 is 0 Å². The quantitative estimate of drug-likeness (QED) is 0.536. The molecule has 0 spiro atoms. The second-order valence-corrected chi connectivity index (χ2v) is 5.35. The summed E-state index contributed by atoms with van der Waals surface area (Å²) >= 11 is 0. The van der Waals surface area contributed by atoms with Crippen LogP contribution in [0.1, 0.15) is 11.4 Å². The first-order valence-electron chi connectivity index (χ1n) is 7.34. The molecule has 0 atom stereocenters. The fourth-order valence-electron chi connectivity index (χ4n) is 2.76. The summed E-state index contributed by atoms with van der Waals surface area (Å²) in [6.45, 7) is 0. The second-order valence-electron chi connectivity index (χ2n) is 5.35. The zero-order chi connectivity index (χ0) is 15.8.